The molecule has 0 fully saturated rings. The average molecular weight is 333 g/mol. The molecule has 0 aliphatic carbocycles. The Hall–Kier alpha value is -1.28. The van der Waals surface area contributed by atoms with Gasteiger partial charge in [-0.3, -0.25) is 0 Å². The van der Waals surface area contributed by atoms with Crippen LogP contribution in [0.25, 0.3) is 0 Å². The first-order chi connectivity index (χ1) is 9.61. The van der Waals surface area contributed by atoms with Gasteiger partial charge in [0.15, 0.2) is 0 Å². The fourth-order valence-electron chi connectivity index (χ4n) is 2.18. The molecule has 0 radical (unpaired) electrons. The summed E-state index contributed by atoms with van der Waals surface area (Å²) in [6.07, 6.45) is 0. The molecule has 0 unspecified atom stereocenters. The zero-order valence-electron chi connectivity index (χ0n) is 12.3. The fourth-order valence-corrected chi connectivity index (χ4v) is 2.62. The predicted octanol–water partition coefficient (Wildman–Crippen LogP) is 5.59. The first kappa shape index (κ1) is 15.1. The van der Waals surface area contributed by atoms with Crippen molar-refractivity contribution in [2.24, 2.45) is 0 Å². The molecular formula is C18H21BrO. The monoisotopic (exact) mass is 332 g/mol. The van der Waals surface area contributed by atoms with Crippen LogP contribution in [0, 0.1) is 6.92 Å². The number of hydrogen-bond acceptors (Lipinski definition) is 1. The molecule has 0 saturated carbocycles. The molecule has 2 aromatic carbocycles. The molecule has 0 saturated heterocycles. The molecule has 2 aromatic rings. The lowest BCUT2D eigenvalue weighted by atomic mass is 10.0. The van der Waals surface area contributed by atoms with Gasteiger partial charge in [-0.15, -0.1) is 0 Å². The van der Waals surface area contributed by atoms with Crippen LogP contribution < -0.4 is 4.74 Å². The third-order valence-electron chi connectivity index (χ3n) is 3.47. The van der Waals surface area contributed by atoms with Gasteiger partial charge < -0.3 is 4.74 Å². The zero-order chi connectivity index (χ0) is 14.5. The van der Waals surface area contributed by atoms with Crippen LogP contribution in [0.15, 0.2) is 42.5 Å². The van der Waals surface area contributed by atoms with Crippen LogP contribution in [0.1, 0.15) is 42.0 Å². The van der Waals surface area contributed by atoms with Crippen LogP contribution in [-0.4, -0.2) is 0 Å². The molecule has 2 rings (SSSR count). The van der Waals surface area contributed by atoms with Crippen molar-refractivity contribution in [2.75, 3.05) is 0 Å². The van der Waals surface area contributed by atoms with Crippen LogP contribution >= 0.6 is 15.9 Å². The van der Waals surface area contributed by atoms with Crippen LogP contribution in [0.2, 0.25) is 0 Å². The maximum atomic E-state index is 6.02. The highest BCUT2D eigenvalue weighted by Gasteiger charge is 2.06. The summed E-state index contributed by atoms with van der Waals surface area (Å²) in [6.45, 7) is 7.12. The second kappa shape index (κ2) is 6.94. The number of alkyl halides is 1. The van der Waals surface area contributed by atoms with Crippen LogP contribution in [-0.2, 0) is 11.9 Å². The summed E-state index contributed by atoms with van der Waals surface area (Å²) < 4.78 is 6.02. The van der Waals surface area contributed by atoms with E-state index in [9.17, 15) is 0 Å². The molecule has 0 aliphatic rings. The van der Waals surface area contributed by atoms with Gasteiger partial charge in [-0.1, -0.05) is 72.2 Å². The molecule has 0 bridgehead atoms. The van der Waals surface area contributed by atoms with E-state index in [2.05, 4.69) is 79.2 Å². The Morgan fingerprint density at radius 3 is 2.35 bits per heavy atom. The highest BCUT2D eigenvalue weighted by Crippen LogP contribution is 2.26. The lowest BCUT2D eigenvalue weighted by molar-refractivity contribution is 0.302. The van der Waals surface area contributed by atoms with Crippen molar-refractivity contribution < 1.29 is 4.74 Å². The Morgan fingerprint density at radius 1 is 1.05 bits per heavy atom. The van der Waals surface area contributed by atoms with E-state index in [1.165, 1.54) is 22.3 Å². The smallest absolute Gasteiger partial charge is 0.126 e. The van der Waals surface area contributed by atoms with Gasteiger partial charge in [0, 0.05) is 10.9 Å². The van der Waals surface area contributed by atoms with Gasteiger partial charge in [-0.2, -0.15) is 0 Å². The number of halogens is 1. The number of aryl methyl sites for hydroxylation is 1. The fraction of sp³-hybridized carbons (Fsp3) is 0.333. The second-order valence-electron chi connectivity index (χ2n) is 5.38. The van der Waals surface area contributed by atoms with Gasteiger partial charge in [0.05, 0.1) is 0 Å². The van der Waals surface area contributed by atoms with Crippen molar-refractivity contribution in [1.29, 1.82) is 0 Å². The Kier molecular flexibility index (Phi) is 5.24. The minimum atomic E-state index is 0.571. The first-order valence-corrected chi connectivity index (χ1v) is 8.10. The van der Waals surface area contributed by atoms with Gasteiger partial charge in [-0.05, 0) is 29.5 Å². The van der Waals surface area contributed by atoms with E-state index in [4.69, 9.17) is 4.74 Å². The Balaban J connectivity index is 2.09. The normalized spacial score (nSPS) is 10.8. The van der Waals surface area contributed by atoms with E-state index in [-0.39, 0.29) is 0 Å². The molecule has 0 spiro atoms. The number of hydrogen-bond donors (Lipinski definition) is 0. The Morgan fingerprint density at radius 2 is 1.75 bits per heavy atom. The molecule has 0 amide bonds. The molecule has 0 N–H and O–H groups in total. The van der Waals surface area contributed by atoms with Crippen molar-refractivity contribution in [3.63, 3.8) is 0 Å². The van der Waals surface area contributed by atoms with Crippen molar-refractivity contribution in [3.05, 3.63) is 64.7 Å². The summed E-state index contributed by atoms with van der Waals surface area (Å²) in [5.41, 5.74) is 4.95. The van der Waals surface area contributed by atoms with E-state index >= 15 is 0 Å². The topological polar surface area (TPSA) is 9.23 Å². The molecule has 0 atom stereocenters. The van der Waals surface area contributed by atoms with E-state index in [0.717, 1.165) is 11.1 Å². The predicted molar refractivity (Wildman–Crippen MR) is 88.7 cm³/mol. The quantitative estimate of drug-likeness (QED) is 0.648. The summed E-state index contributed by atoms with van der Waals surface area (Å²) in [6, 6.07) is 14.9. The standard InChI is InChI=1S/C18H21BrO/c1-13(2)16-9-7-15(8-10-16)12-20-18-14(3)5-4-6-17(18)11-19/h4-10,13H,11-12H2,1-3H3. The van der Waals surface area contributed by atoms with Gasteiger partial charge in [0.1, 0.15) is 12.4 Å². The van der Waals surface area contributed by atoms with Crippen LogP contribution in [0.3, 0.4) is 0 Å². The molecule has 0 heterocycles. The van der Waals surface area contributed by atoms with E-state index < -0.39 is 0 Å². The van der Waals surface area contributed by atoms with Gasteiger partial charge in [-0.25, -0.2) is 0 Å². The first-order valence-electron chi connectivity index (χ1n) is 6.98. The molecule has 0 aromatic heterocycles. The summed E-state index contributed by atoms with van der Waals surface area (Å²) in [7, 11) is 0. The number of rotatable bonds is 5. The molecular weight excluding hydrogens is 312 g/mol. The molecule has 0 aliphatic heterocycles. The Bertz CT molecular complexity index is 558. The van der Waals surface area contributed by atoms with E-state index in [1.807, 2.05) is 0 Å². The number of para-hydroxylation sites is 1. The molecule has 106 valence electrons. The molecule has 2 heteroatoms. The van der Waals surface area contributed by atoms with Crippen molar-refractivity contribution in [2.45, 2.75) is 38.6 Å². The number of ether oxygens (including phenoxy) is 1. The minimum Gasteiger partial charge on any atom is -0.488 e. The van der Waals surface area contributed by atoms with Gasteiger partial charge in [0.2, 0.25) is 0 Å². The third-order valence-corrected chi connectivity index (χ3v) is 4.07. The summed E-state index contributed by atoms with van der Waals surface area (Å²) in [4.78, 5) is 0. The Labute approximate surface area is 130 Å². The highest BCUT2D eigenvalue weighted by atomic mass is 79.9. The number of benzene rings is 2. The molecule has 1 nitrogen and oxygen atoms in total. The largest absolute Gasteiger partial charge is 0.488 e. The van der Waals surface area contributed by atoms with Gasteiger partial charge in [0.25, 0.3) is 0 Å². The van der Waals surface area contributed by atoms with E-state index in [1.54, 1.807) is 0 Å². The third kappa shape index (κ3) is 3.63. The summed E-state index contributed by atoms with van der Waals surface area (Å²) in [5.74, 6) is 1.57. The maximum absolute atomic E-state index is 6.02. The maximum Gasteiger partial charge on any atom is 0.126 e. The van der Waals surface area contributed by atoms with Crippen molar-refractivity contribution >= 4 is 15.9 Å². The van der Waals surface area contributed by atoms with Crippen LogP contribution in [0.4, 0.5) is 0 Å². The van der Waals surface area contributed by atoms with Gasteiger partial charge >= 0.3 is 0 Å². The zero-order valence-corrected chi connectivity index (χ0v) is 13.9. The SMILES string of the molecule is Cc1cccc(CBr)c1OCc1ccc(C(C)C)cc1. The van der Waals surface area contributed by atoms with Crippen molar-refractivity contribution in [1.82, 2.24) is 0 Å². The lowest BCUT2D eigenvalue weighted by Crippen LogP contribution is -2.00. The minimum absolute atomic E-state index is 0.571. The summed E-state index contributed by atoms with van der Waals surface area (Å²) >= 11 is 3.51. The highest BCUT2D eigenvalue weighted by molar-refractivity contribution is 9.08. The second-order valence-corrected chi connectivity index (χ2v) is 5.94. The molecule has 20 heavy (non-hydrogen) atoms. The lowest BCUT2D eigenvalue weighted by Gasteiger charge is -2.13. The van der Waals surface area contributed by atoms with E-state index in [0.29, 0.717) is 12.5 Å². The van der Waals surface area contributed by atoms with Crippen molar-refractivity contribution in [3.8, 4) is 5.75 Å². The summed E-state index contributed by atoms with van der Waals surface area (Å²) in [5, 5.41) is 0.816. The average Bonchev–Trinajstić information content (AvgIpc) is 2.46. The van der Waals surface area contributed by atoms with Crippen LogP contribution in [0.5, 0.6) is 5.75 Å².